The highest BCUT2D eigenvalue weighted by Crippen LogP contribution is 2.12. The molecule has 0 heterocycles. The van der Waals surface area contributed by atoms with Crippen molar-refractivity contribution in [3.05, 3.63) is 65.7 Å². The Labute approximate surface area is 140 Å². The summed E-state index contributed by atoms with van der Waals surface area (Å²) in [5.74, 6) is -1.80. The topological polar surface area (TPSA) is 101 Å². The first-order valence-electron chi connectivity index (χ1n) is 7.15. The molecule has 0 spiro atoms. The van der Waals surface area contributed by atoms with Gasteiger partial charge in [0.2, 0.25) is 0 Å². The zero-order chi connectivity index (χ0) is 17.7. The second-order valence-corrected chi connectivity index (χ2v) is 7.37. The van der Waals surface area contributed by atoms with Crippen molar-refractivity contribution in [1.82, 2.24) is 5.32 Å². The van der Waals surface area contributed by atoms with E-state index in [0.29, 0.717) is 0 Å². The lowest BCUT2D eigenvalue weighted by molar-refractivity contribution is -0.139. The van der Waals surface area contributed by atoms with Gasteiger partial charge < -0.3 is 10.4 Å². The minimum Gasteiger partial charge on any atom is -0.480 e. The van der Waals surface area contributed by atoms with E-state index in [-0.39, 0.29) is 16.9 Å². The number of rotatable bonds is 6. The number of aliphatic carboxylic acids is 1. The first-order chi connectivity index (χ1) is 11.3. The van der Waals surface area contributed by atoms with Gasteiger partial charge in [0.05, 0.1) is 4.90 Å². The van der Waals surface area contributed by atoms with Crippen LogP contribution in [0.15, 0.2) is 59.5 Å². The van der Waals surface area contributed by atoms with Crippen LogP contribution in [-0.2, 0) is 21.1 Å². The fourth-order valence-corrected chi connectivity index (χ4v) is 2.83. The van der Waals surface area contributed by atoms with E-state index >= 15 is 0 Å². The molecule has 0 aliphatic rings. The van der Waals surface area contributed by atoms with Crippen LogP contribution in [0.25, 0.3) is 0 Å². The summed E-state index contributed by atoms with van der Waals surface area (Å²) in [6.45, 7) is 0. The van der Waals surface area contributed by atoms with Crippen molar-refractivity contribution in [1.29, 1.82) is 0 Å². The van der Waals surface area contributed by atoms with Gasteiger partial charge in [-0.1, -0.05) is 36.4 Å². The van der Waals surface area contributed by atoms with Crippen molar-refractivity contribution in [2.75, 3.05) is 6.26 Å². The number of hydrogen-bond acceptors (Lipinski definition) is 4. The van der Waals surface area contributed by atoms with Crippen LogP contribution in [0.4, 0.5) is 0 Å². The molecule has 0 saturated heterocycles. The van der Waals surface area contributed by atoms with Gasteiger partial charge in [-0.3, -0.25) is 4.79 Å². The molecule has 2 aromatic carbocycles. The highest BCUT2D eigenvalue weighted by atomic mass is 32.2. The lowest BCUT2D eigenvalue weighted by Gasteiger charge is -2.15. The fraction of sp³-hybridized carbons (Fsp3) is 0.176. The van der Waals surface area contributed by atoms with E-state index in [1.54, 1.807) is 24.3 Å². The van der Waals surface area contributed by atoms with Crippen LogP contribution in [0.2, 0.25) is 0 Å². The van der Waals surface area contributed by atoms with Gasteiger partial charge >= 0.3 is 5.97 Å². The monoisotopic (exact) mass is 347 g/mol. The maximum absolute atomic E-state index is 12.3. The number of carboxylic acid groups (broad SMARTS) is 1. The van der Waals surface area contributed by atoms with E-state index < -0.39 is 27.8 Å². The Balaban J connectivity index is 2.18. The number of carboxylic acids is 1. The number of nitrogens with one attached hydrogen (secondary N) is 1. The van der Waals surface area contributed by atoms with Crippen LogP contribution < -0.4 is 5.32 Å². The molecule has 0 bridgehead atoms. The highest BCUT2D eigenvalue weighted by Gasteiger charge is 2.21. The number of sulfone groups is 1. The molecule has 2 aromatic rings. The molecule has 2 N–H and O–H groups in total. The summed E-state index contributed by atoms with van der Waals surface area (Å²) in [6.07, 6.45) is 1.17. The van der Waals surface area contributed by atoms with Gasteiger partial charge in [-0.2, -0.15) is 0 Å². The average Bonchev–Trinajstić information content (AvgIpc) is 2.54. The quantitative estimate of drug-likeness (QED) is 0.825. The summed E-state index contributed by atoms with van der Waals surface area (Å²) in [6, 6.07) is 13.3. The molecule has 0 fully saturated rings. The molecule has 0 aromatic heterocycles. The van der Waals surface area contributed by atoms with Crippen LogP contribution in [-0.4, -0.2) is 37.7 Å². The first kappa shape index (κ1) is 17.7. The molecule has 1 amide bonds. The smallest absolute Gasteiger partial charge is 0.326 e. The van der Waals surface area contributed by atoms with E-state index in [2.05, 4.69) is 5.32 Å². The maximum Gasteiger partial charge on any atom is 0.326 e. The molecular formula is C17H17NO5S. The number of carbonyl (C=O) groups excluding carboxylic acids is 1. The molecule has 7 heteroatoms. The minimum absolute atomic E-state index is 0.00471. The molecule has 0 saturated carbocycles. The van der Waals surface area contributed by atoms with E-state index in [4.69, 9.17) is 0 Å². The molecule has 2 rings (SSSR count). The zero-order valence-electron chi connectivity index (χ0n) is 13.0. The Bertz CT molecular complexity index is 846. The lowest BCUT2D eigenvalue weighted by Crippen LogP contribution is -2.42. The molecule has 0 radical (unpaired) electrons. The van der Waals surface area contributed by atoms with Crippen molar-refractivity contribution in [3.8, 4) is 0 Å². The van der Waals surface area contributed by atoms with Crippen molar-refractivity contribution in [2.24, 2.45) is 0 Å². The van der Waals surface area contributed by atoms with E-state index in [0.717, 1.165) is 11.8 Å². The Morgan fingerprint density at radius 3 is 2.33 bits per heavy atom. The van der Waals surface area contributed by atoms with E-state index in [1.807, 2.05) is 6.07 Å². The van der Waals surface area contributed by atoms with Crippen molar-refractivity contribution >= 4 is 21.7 Å². The van der Waals surface area contributed by atoms with Gasteiger partial charge in [-0.15, -0.1) is 0 Å². The number of benzene rings is 2. The fourth-order valence-electron chi connectivity index (χ4n) is 2.16. The largest absolute Gasteiger partial charge is 0.480 e. The summed E-state index contributed by atoms with van der Waals surface area (Å²) in [4.78, 5) is 23.7. The third kappa shape index (κ3) is 4.66. The van der Waals surface area contributed by atoms with Crippen LogP contribution >= 0.6 is 0 Å². The number of amides is 1. The predicted octanol–water partition coefficient (Wildman–Crippen LogP) is 1.52. The Morgan fingerprint density at radius 1 is 1.08 bits per heavy atom. The average molecular weight is 347 g/mol. The first-order valence-corrected chi connectivity index (χ1v) is 9.04. The molecule has 0 unspecified atom stereocenters. The zero-order valence-corrected chi connectivity index (χ0v) is 13.8. The highest BCUT2D eigenvalue weighted by molar-refractivity contribution is 7.90. The minimum atomic E-state index is -3.45. The molecule has 126 valence electrons. The van der Waals surface area contributed by atoms with Crippen LogP contribution in [0.1, 0.15) is 15.9 Å². The van der Waals surface area contributed by atoms with Gasteiger partial charge in [-0.25, -0.2) is 13.2 Å². The number of carbonyl (C=O) groups is 2. The molecule has 6 nitrogen and oxygen atoms in total. The van der Waals surface area contributed by atoms with Crippen LogP contribution in [0, 0.1) is 0 Å². The van der Waals surface area contributed by atoms with Crippen molar-refractivity contribution in [3.63, 3.8) is 0 Å². The summed E-state index contributed by atoms with van der Waals surface area (Å²) in [5.41, 5.74) is 0.868. The Kier molecular flexibility index (Phi) is 5.35. The van der Waals surface area contributed by atoms with E-state index in [9.17, 15) is 23.1 Å². The van der Waals surface area contributed by atoms with Crippen LogP contribution in [0.3, 0.4) is 0 Å². The lowest BCUT2D eigenvalue weighted by atomic mass is 10.1. The third-order valence-corrected chi connectivity index (χ3v) is 4.52. The normalized spacial score (nSPS) is 12.4. The summed E-state index contributed by atoms with van der Waals surface area (Å²) < 4.78 is 23.1. The van der Waals surface area contributed by atoms with Gasteiger partial charge in [0, 0.05) is 18.2 Å². The summed E-state index contributed by atoms with van der Waals surface area (Å²) in [5, 5.41) is 11.7. The molecule has 24 heavy (non-hydrogen) atoms. The second kappa shape index (κ2) is 7.27. The SMILES string of the molecule is CS(=O)(=O)c1cccc(C(=O)N[C@H](Cc2ccccc2)C(=O)O)c1. The van der Waals surface area contributed by atoms with Gasteiger partial charge in [-0.05, 0) is 23.8 Å². The van der Waals surface area contributed by atoms with Crippen molar-refractivity contribution < 1.29 is 23.1 Å². The molecular weight excluding hydrogens is 330 g/mol. The third-order valence-electron chi connectivity index (χ3n) is 3.41. The van der Waals surface area contributed by atoms with Crippen LogP contribution in [0.5, 0.6) is 0 Å². The molecule has 0 aliphatic carbocycles. The maximum atomic E-state index is 12.3. The van der Waals surface area contributed by atoms with Gasteiger partial charge in [0.25, 0.3) is 5.91 Å². The standard InChI is InChI=1S/C17H17NO5S/c1-24(22,23)14-9-5-8-13(11-14)16(19)18-15(17(20)21)10-12-6-3-2-4-7-12/h2-9,11,15H,10H2,1H3,(H,18,19)(H,20,21)/t15-/m1/s1. The molecule has 1 atom stereocenters. The van der Waals surface area contributed by atoms with E-state index in [1.165, 1.54) is 24.3 Å². The Hall–Kier alpha value is -2.67. The van der Waals surface area contributed by atoms with Crippen molar-refractivity contribution in [2.45, 2.75) is 17.4 Å². The predicted molar refractivity (Wildman–Crippen MR) is 88.6 cm³/mol. The molecule has 0 aliphatic heterocycles. The summed E-state index contributed by atoms with van der Waals surface area (Å²) >= 11 is 0. The van der Waals surface area contributed by atoms with Gasteiger partial charge in [0.15, 0.2) is 9.84 Å². The Morgan fingerprint density at radius 2 is 1.75 bits per heavy atom. The van der Waals surface area contributed by atoms with Gasteiger partial charge in [0.1, 0.15) is 6.04 Å². The summed E-state index contributed by atoms with van der Waals surface area (Å²) in [7, 11) is -3.45. The second-order valence-electron chi connectivity index (χ2n) is 5.35. The number of hydrogen-bond donors (Lipinski definition) is 2.